The zero-order valence-corrected chi connectivity index (χ0v) is 23.5. The fourth-order valence-corrected chi connectivity index (χ4v) is 6.01. The Morgan fingerprint density at radius 1 is 0.600 bits per heavy atom. The zero-order valence-electron chi connectivity index (χ0n) is 21.9. The van der Waals surface area contributed by atoms with Crippen molar-refractivity contribution >= 4 is 20.0 Å². The molecule has 0 saturated carbocycles. The van der Waals surface area contributed by atoms with Crippen molar-refractivity contribution in [2.45, 2.75) is 121 Å². The maximum Gasteiger partial charge on any atom is 0.254 e. The molecule has 204 valence electrons. The summed E-state index contributed by atoms with van der Waals surface area (Å²) < 4.78 is 54.6. The first kappa shape index (κ1) is 31.9. The van der Waals surface area contributed by atoms with Gasteiger partial charge in [0.25, 0.3) is 10.0 Å². The quantitative estimate of drug-likeness (QED) is 0.124. The minimum absolute atomic E-state index is 0.0282. The van der Waals surface area contributed by atoms with Gasteiger partial charge in [-0.2, -0.15) is 0 Å². The van der Waals surface area contributed by atoms with Crippen molar-refractivity contribution in [2.24, 2.45) is 0 Å². The third kappa shape index (κ3) is 16.3. The van der Waals surface area contributed by atoms with E-state index >= 15 is 0 Å². The lowest BCUT2D eigenvalue weighted by Gasteiger charge is -2.10. The Bertz CT molecular complexity index is 856. The van der Waals surface area contributed by atoms with Crippen LogP contribution in [0.2, 0.25) is 0 Å². The summed E-state index contributed by atoms with van der Waals surface area (Å²) in [6.45, 7) is 4.87. The topological polar surface area (TPSA) is 102 Å². The summed E-state index contributed by atoms with van der Waals surface area (Å²) in [5.41, 5.74) is 0. The van der Waals surface area contributed by atoms with E-state index in [1.165, 1.54) is 76.3 Å². The van der Waals surface area contributed by atoms with Crippen LogP contribution in [0.3, 0.4) is 0 Å². The second kappa shape index (κ2) is 19.0. The lowest BCUT2D eigenvalue weighted by atomic mass is 10.0. The maximum absolute atomic E-state index is 12.4. The summed E-state index contributed by atoms with van der Waals surface area (Å²) in [5, 5.41) is 0. The number of benzene rings is 1. The van der Waals surface area contributed by atoms with Gasteiger partial charge in [0.1, 0.15) is 5.75 Å². The second-order valence-corrected chi connectivity index (χ2v) is 12.8. The molecule has 2 N–H and O–H groups in total. The molecule has 1 aromatic rings. The largest absolute Gasteiger partial charge is 0.494 e. The highest BCUT2D eigenvalue weighted by Gasteiger charge is 2.18. The van der Waals surface area contributed by atoms with E-state index in [0.29, 0.717) is 18.8 Å². The zero-order chi connectivity index (χ0) is 25.8. The molecule has 0 aliphatic rings. The van der Waals surface area contributed by atoms with Gasteiger partial charge in [0, 0.05) is 0 Å². The molecule has 0 fully saturated rings. The minimum Gasteiger partial charge on any atom is -0.494 e. The van der Waals surface area contributed by atoms with Crippen LogP contribution in [0.1, 0.15) is 117 Å². The molecule has 0 amide bonds. The van der Waals surface area contributed by atoms with Crippen LogP contribution in [-0.4, -0.2) is 29.2 Å². The fourth-order valence-electron chi connectivity index (χ4n) is 3.76. The normalized spacial score (nSPS) is 12.2. The molecule has 0 atom stereocenters. The predicted octanol–water partition coefficient (Wildman–Crippen LogP) is 6.46. The molecule has 0 heterocycles. The Hall–Kier alpha value is -1.16. The summed E-state index contributed by atoms with van der Waals surface area (Å²) in [7, 11) is -7.72. The van der Waals surface area contributed by atoms with Crippen LogP contribution in [0.4, 0.5) is 0 Å². The average molecular weight is 533 g/mol. The Morgan fingerprint density at radius 3 is 1.54 bits per heavy atom. The van der Waals surface area contributed by atoms with Crippen LogP contribution in [-0.2, 0) is 20.0 Å². The monoisotopic (exact) mass is 532 g/mol. The molecule has 1 rings (SSSR count). The predicted molar refractivity (Wildman–Crippen MR) is 144 cm³/mol. The van der Waals surface area contributed by atoms with Gasteiger partial charge < -0.3 is 4.74 Å². The van der Waals surface area contributed by atoms with Gasteiger partial charge in [0.2, 0.25) is 10.0 Å². The van der Waals surface area contributed by atoms with Gasteiger partial charge in [-0.25, -0.2) is 16.8 Å². The number of hydrazine groups is 1. The van der Waals surface area contributed by atoms with Gasteiger partial charge in [-0.15, -0.1) is 9.66 Å². The Labute approximate surface area is 214 Å². The molecule has 0 spiro atoms. The fraction of sp³-hybridized carbons (Fsp3) is 0.769. The molecule has 1 aromatic carbocycles. The smallest absolute Gasteiger partial charge is 0.254 e. The lowest BCUT2D eigenvalue weighted by molar-refractivity contribution is 0.309. The van der Waals surface area contributed by atoms with Crippen molar-refractivity contribution in [3.8, 4) is 5.75 Å². The number of sulfonamides is 2. The summed E-state index contributed by atoms with van der Waals surface area (Å²) in [6.07, 6.45) is 18.6. The first-order valence-corrected chi connectivity index (χ1v) is 16.7. The van der Waals surface area contributed by atoms with Crippen LogP contribution in [0.15, 0.2) is 29.2 Å². The van der Waals surface area contributed by atoms with Crippen LogP contribution < -0.4 is 14.4 Å². The third-order valence-corrected chi connectivity index (χ3v) is 8.63. The van der Waals surface area contributed by atoms with Gasteiger partial charge >= 0.3 is 0 Å². The van der Waals surface area contributed by atoms with E-state index in [4.69, 9.17) is 4.74 Å². The van der Waals surface area contributed by atoms with E-state index < -0.39 is 20.0 Å². The van der Waals surface area contributed by atoms with E-state index in [1.807, 2.05) is 9.66 Å². The van der Waals surface area contributed by atoms with Crippen LogP contribution in [0.25, 0.3) is 0 Å². The Kier molecular flexibility index (Phi) is 17.3. The van der Waals surface area contributed by atoms with Crippen LogP contribution in [0, 0.1) is 0 Å². The van der Waals surface area contributed by atoms with Crippen molar-refractivity contribution < 1.29 is 21.6 Å². The number of nitrogens with one attached hydrogen (secondary N) is 2. The summed E-state index contributed by atoms with van der Waals surface area (Å²) >= 11 is 0. The van der Waals surface area contributed by atoms with E-state index in [2.05, 4.69) is 13.8 Å². The van der Waals surface area contributed by atoms with Gasteiger partial charge in [0.05, 0.1) is 17.3 Å². The number of hydrogen-bond donors (Lipinski definition) is 2. The number of unbranched alkanes of at least 4 members (excludes halogenated alkanes) is 14. The van der Waals surface area contributed by atoms with E-state index in [0.717, 1.165) is 32.1 Å². The molecular weight excluding hydrogens is 484 g/mol. The molecule has 0 radical (unpaired) electrons. The Balaban J connectivity index is 2.14. The van der Waals surface area contributed by atoms with Crippen LogP contribution in [0.5, 0.6) is 5.75 Å². The molecule has 0 aromatic heterocycles. The average Bonchev–Trinajstić information content (AvgIpc) is 2.84. The highest BCUT2D eigenvalue weighted by Crippen LogP contribution is 2.16. The van der Waals surface area contributed by atoms with Crippen LogP contribution >= 0.6 is 0 Å². The summed E-state index contributed by atoms with van der Waals surface area (Å²) in [4.78, 5) is 3.96. The van der Waals surface area contributed by atoms with Crippen molar-refractivity contribution in [3.05, 3.63) is 24.3 Å². The Morgan fingerprint density at radius 2 is 1.06 bits per heavy atom. The summed E-state index contributed by atoms with van der Waals surface area (Å²) in [6, 6.07) is 5.91. The van der Waals surface area contributed by atoms with Gasteiger partial charge in [0.15, 0.2) is 0 Å². The van der Waals surface area contributed by atoms with Crippen molar-refractivity contribution in [2.75, 3.05) is 12.4 Å². The van der Waals surface area contributed by atoms with Gasteiger partial charge in [-0.3, -0.25) is 0 Å². The van der Waals surface area contributed by atoms with Gasteiger partial charge in [-0.05, 0) is 37.1 Å². The molecule has 0 saturated heterocycles. The first-order chi connectivity index (χ1) is 16.8. The van der Waals surface area contributed by atoms with E-state index in [9.17, 15) is 16.8 Å². The standard InChI is InChI=1S/C26H48N2O5S2/c1-3-5-7-8-9-10-11-12-13-14-15-16-17-18-24-34(29,30)27-28-35(31,32)26-21-19-25(20-22-26)33-23-6-4-2/h19-22,27-28H,3-18,23-24H2,1-2H3. The number of hydrogen-bond acceptors (Lipinski definition) is 5. The summed E-state index contributed by atoms with van der Waals surface area (Å²) in [5.74, 6) is 0.480. The third-order valence-electron chi connectivity index (χ3n) is 6.00. The van der Waals surface area contributed by atoms with Crippen molar-refractivity contribution in [3.63, 3.8) is 0 Å². The van der Waals surface area contributed by atoms with E-state index in [1.54, 1.807) is 12.1 Å². The molecule has 0 bridgehead atoms. The number of ether oxygens (including phenoxy) is 1. The van der Waals surface area contributed by atoms with Crippen molar-refractivity contribution in [1.82, 2.24) is 9.66 Å². The lowest BCUT2D eigenvalue weighted by Crippen LogP contribution is -2.42. The molecule has 9 heteroatoms. The van der Waals surface area contributed by atoms with E-state index in [-0.39, 0.29) is 10.6 Å². The molecule has 0 unspecified atom stereocenters. The molecular formula is C26H48N2O5S2. The highest BCUT2D eigenvalue weighted by atomic mass is 32.2. The first-order valence-electron chi connectivity index (χ1n) is 13.5. The second-order valence-electron chi connectivity index (χ2n) is 9.30. The molecule has 7 nitrogen and oxygen atoms in total. The molecule has 0 aliphatic heterocycles. The molecule has 35 heavy (non-hydrogen) atoms. The number of rotatable bonds is 23. The SMILES string of the molecule is CCCCCCCCCCCCCCCCS(=O)(=O)NNS(=O)(=O)c1ccc(OCCCC)cc1. The highest BCUT2D eigenvalue weighted by molar-refractivity contribution is 7.92. The van der Waals surface area contributed by atoms with Crippen molar-refractivity contribution in [1.29, 1.82) is 0 Å². The maximum atomic E-state index is 12.4. The van der Waals surface area contributed by atoms with Gasteiger partial charge in [-0.1, -0.05) is 104 Å². The molecule has 0 aliphatic carbocycles. The minimum atomic E-state index is -3.99.